The largest absolute Gasteiger partial charge is 0.497 e. The second-order valence-corrected chi connectivity index (χ2v) is 10.2. The van der Waals surface area contributed by atoms with Gasteiger partial charge >= 0.3 is 5.97 Å². The van der Waals surface area contributed by atoms with Crippen LogP contribution in [-0.4, -0.2) is 24.7 Å². The number of amides is 1. The Morgan fingerprint density at radius 3 is 2.53 bits per heavy atom. The molecule has 6 nitrogen and oxygen atoms in total. The molecule has 7 heteroatoms. The molecule has 0 heterocycles. The van der Waals surface area contributed by atoms with Crippen molar-refractivity contribution in [2.45, 2.75) is 40.0 Å². The lowest BCUT2D eigenvalue weighted by Crippen LogP contribution is -2.43. The van der Waals surface area contributed by atoms with Crippen LogP contribution in [0, 0.1) is 16.2 Å². The summed E-state index contributed by atoms with van der Waals surface area (Å²) < 4.78 is 5.92. The van der Waals surface area contributed by atoms with Gasteiger partial charge in [-0.2, -0.15) is 0 Å². The number of nitrogens with one attached hydrogen (secondary N) is 1. The lowest BCUT2D eigenvalue weighted by Gasteiger charge is -2.39. The van der Waals surface area contributed by atoms with Crippen molar-refractivity contribution in [3.63, 3.8) is 0 Å². The molecule has 0 aromatic heterocycles. The zero-order valence-corrected chi connectivity index (χ0v) is 20.3. The number of hydrogen-bond donors (Lipinski definition) is 1. The summed E-state index contributed by atoms with van der Waals surface area (Å²) in [5.41, 5.74) is 0.529. The topological polar surface area (TPSA) is 77.0 Å². The highest BCUT2D eigenvalue weighted by molar-refractivity contribution is 9.10. The number of hydrogen-bond acceptors (Lipinski definition) is 5. The molecule has 0 radical (unpaired) electrons. The highest BCUT2D eigenvalue weighted by Gasteiger charge is 2.71. The molecule has 4 rings (SSSR count). The van der Waals surface area contributed by atoms with Gasteiger partial charge in [0.15, 0.2) is 0 Å². The molecule has 0 aliphatic heterocycles. The van der Waals surface area contributed by atoms with Crippen LogP contribution in [0.3, 0.4) is 0 Å². The molecule has 2 fully saturated rings. The zero-order chi connectivity index (χ0) is 23.1. The molecule has 2 aliphatic rings. The first kappa shape index (κ1) is 22.5. The third-order valence-electron chi connectivity index (χ3n) is 7.83. The Hall–Kier alpha value is -2.67. The third-order valence-corrected chi connectivity index (χ3v) is 8.52. The van der Waals surface area contributed by atoms with E-state index >= 15 is 0 Å². The number of ether oxygens (including phenoxy) is 1. The lowest BCUT2D eigenvalue weighted by molar-refractivity contribution is -0.130. The Morgan fingerprint density at radius 1 is 1.06 bits per heavy atom. The first-order chi connectivity index (χ1) is 15.1. The average Bonchev–Trinajstić information content (AvgIpc) is 3.08. The highest BCUT2D eigenvalue weighted by atomic mass is 79.9. The van der Waals surface area contributed by atoms with Crippen molar-refractivity contribution in [3.8, 4) is 5.75 Å². The van der Waals surface area contributed by atoms with Gasteiger partial charge in [-0.25, -0.2) is 4.79 Å². The van der Waals surface area contributed by atoms with Crippen molar-refractivity contribution in [1.29, 1.82) is 0 Å². The molecule has 2 aliphatic carbocycles. The Labute approximate surface area is 196 Å². The summed E-state index contributed by atoms with van der Waals surface area (Å²) in [6.45, 7) is 6.35. The second kappa shape index (κ2) is 8.03. The van der Waals surface area contributed by atoms with E-state index in [1.807, 2.05) is 24.3 Å². The summed E-state index contributed by atoms with van der Waals surface area (Å²) in [6, 6.07) is 14.4. The first-order valence-electron chi connectivity index (χ1n) is 10.6. The Kier molecular flexibility index (Phi) is 5.65. The normalized spacial score (nSPS) is 26.7. The fourth-order valence-electron chi connectivity index (χ4n) is 5.25. The van der Waals surface area contributed by atoms with Crippen LogP contribution in [0.5, 0.6) is 5.75 Å². The maximum Gasteiger partial charge on any atom is 0.366 e. The number of halogens is 1. The number of oxime groups is 1. The van der Waals surface area contributed by atoms with Gasteiger partial charge in [-0.3, -0.25) is 4.79 Å². The van der Waals surface area contributed by atoms with Crippen LogP contribution in [0.4, 0.5) is 5.69 Å². The molecule has 2 unspecified atom stereocenters. The van der Waals surface area contributed by atoms with Gasteiger partial charge in [-0.15, -0.1) is 0 Å². The van der Waals surface area contributed by atoms with E-state index in [1.165, 1.54) is 0 Å². The van der Waals surface area contributed by atoms with Crippen LogP contribution in [-0.2, 0) is 9.63 Å². The number of nitrogens with zero attached hydrogens (tertiary/aromatic N) is 1. The minimum Gasteiger partial charge on any atom is -0.497 e. The molecule has 2 atom stereocenters. The minimum absolute atomic E-state index is 0.0400. The predicted molar refractivity (Wildman–Crippen MR) is 127 cm³/mol. The summed E-state index contributed by atoms with van der Waals surface area (Å²) in [5.74, 6) is 0.120. The maximum atomic E-state index is 13.6. The van der Waals surface area contributed by atoms with Gasteiger partial charge in [0, 0.05) is 28.1 Å². The third kappa shape index (κ3) is 3.34. The van der Waals surface area contributed by atoms with E-state index in [-0.39, 0.29) is 16.7 Å². The molecule has 1 amide bonds. The second-order valence-electron chi connectivity index (χ2n) is 9.30. The van der Waals surface area contributed by atoms with Gasteiger partial charge in [0.05, 0.1) is 23.8 Å². The van der Waals surface area contributed by atoms with Crippen LogP contribution in [0.15, 0.2) is 58.2 Å². The summed E-state index contributed by atoms with van der Waals surface area (Å²) >= 11 is 3.37. The molecular formula is C25H27BrN2O4. The van der Waals surface area contributed by atoms with Gasteiger partial charge in [0.1, 0.15) is 5.75 Å². The van der Waals surface area contributed by atoms with Gasteiger partial charge < -0.3 is 14.9 Å². The van der Waals surface area contributed by atoms with Gasteiger partial charge in [0.2, 0.25) is 5.91 Å². The number of rotatable bonds is 5. The number of methoxy groups -OCH3 is 1. The van der Waals surface area contributed by atoms with Crippen LogP contribution in [0.25, 0.3) is 0 Å². The van der Waals surface area contributed by atoms with Crippen molar-refractivity contribution in [2.75, 3.05) is 12.4 Å². The van der Waals surface area contributed by atoms with Gasteiger partial charge in [-0.05, 0) is 58.5 Å². The number of carbonyl (C=O) groups is 2. The number of carbonyl (C=O) groups excluding carboxylic acids is 2. The van der Waals surface area contributed by atoms with E-state index in [2.05, 4.69) is 47.2 Å². The molecule has 2 aromatic rings. The van der Waals surface area contributed by atoms with Gasteiger partial charge in [0.25, 0.3) is 0 Å². The molecule has 2 saturated carbocycles. The molecular weight excluding hydrogens is 472 g/mol. The Morgan fingerprint density at radius 2 is 1.81 bits per heavy atom. The summed E-state index contributed by atoms with van der Waals surface area (Å²) in [7, 11) is 1.60. The molecule has 168 valence electrons. The van der Waals surface area contributed by atoms with Crippen molar-refractivity contribution in [2.24, 2.45) is 21.4 Å². The lowest BCUT2D eigenvalue weighted by atomic mass is 9.64. The smallest absolute Gasteiger partial charge is 0.366 e. The minimum atomic E-state index is -0.636. The highest BCUT2D eigenvalue weighted by Crippen LogP contribution is 2.71. The van der Waals surface area contributed by atoms with Crippen molar-refractivity contribution < 1.29 is 19.2 Å². The predicted octanol–water partition coefficient (Wildman–Crippen LogP) is 5.83. The number of fused-ring (bicyclic) bond motifs is 2. The zero-order valence-electron chi connectivity index (χ0n) is 18.7. The van der Waals surface area contributed by atoms with Crippen LogP contribution < -0.4 is 10.1 Å². The van der Waals surface area contributed by atoms with Crippen LogP contribution in [0.2, 0.25) is 0 Å². The average molecular weight is 499 g/mol. The fourth-order valence-corrected chi connectivity index (χ4v) is 5.69. The van der Waals surface area contributed by atoms with E-state index in [0.717, 1.165) is 18.6 Å². The van der Waals surface area contributed by atoms with E-state index in [1.54, 1.807) is 31.4 Å². The standard InChI is InChI=1S/C25H27BrN2O4/c1-23(2)24(3)12-13-25(23,22(30)27-16-8-7-9-17(14-16)31-4)15-20(24)28-32-21(29)18-10-5-6-11-19(18)26/h5-11,14H,12-13,15H2,1-4H3,(H,27,30). The summed E-state index contributed by atoms with van der Waals surface area (Å²) in [4.78, 5) is 31.5. The Bertz CT molecular complexity index is 1110. The molecule has 2 aromatic carbocycles. The SMILES string of the molecule is COc1cccc(NC(=O)C23CCC(C)(C(=NOC(=O)c4ccccc4Br)C2)C3(C)C)c1. The van der Waals surface area contributed by atoms with Crippen molar-refractivity contribution in [1.82, 2.24) is 0 Å². The quantitative estimate of drug-likeness (QED) is 0.415. The maximum absolute atomic E-state index is 13.6. The van der Waals surface area contributed by atoms with Crippen molar-refractivity contribution in [3.05, 3.63) is 58.6 Å². The van der Waals surface area contributed by atoms with Crippen molar-refractivity contribution >= 4 is 39.2 Å². The Balaban J connectivity index is 1.59. The van der Waals surface area contributed by atoms with E-state index < -0.39 is 11.4 Å². The number of benzene rings is 2. The summed E-state index contributed by atoms with van der Waals surface area (Å²) in [6.07, 6.45) is 2.01. The molecule has 32 heavy (non-hydrogen) atoms. The van der Waals surface area contributed by atoms with Crippen LogP contribution >= 0.6 is 15.9 Å². The van der Waals surface area contributed by atoms with Gasteiger partial charge in [-0.1, -0.05) is 44.1 Å². The van der Waals surface area contributed by atoms with Crippen LogP contribution in [0.1, 0.15) is 50.4 Å². The summed E-state index contributed by atoms with van der Waals surface area (Å²) in [5, 5.41) is 7.38. The molecule has 0 saturated heterocycles. The monoisotopic (exact) mass is 498 g/mol. The molecule has 2 bridgehead atoms. The van der Waals surface area contributed by atoms with E-state index in [4.69, 9.17) is 9.57 Å². The van der Waals surface area contributed by atoms with E-state index in [9.17, 15) is 9.59 Å². The van der Waals surface area contributed by atoms with E-state index in [0.29, 0.717) is 27.9 Å². The number of anilines is 1. The first-order valence-corrected chi connectivity index (χ1v) is 11.4. The fraction of sp³-hybridized carbons (Fsp3) is 0.400. The molecule has 1 N–H and O–H groups in total. The molecule has 0 spiro atoms.